The van der Waals surface area contributed by atoms with Crippen LogP contribution in [0.2, 0.25) is 0 Å². The lowest BCUT2D eigenvalue weighted by atomic mass is 9.86. The van der Waals surface area contributed by atoms with E-state index in [0.29, 0.717) is 56.3 Å². The van der Waals surface area contributed by atoms with Crippen molar-refractivity contribution in [2.45, 2.75) is 64.3 Å². The summed E-state index contributed by atoms with van der Waals surface area (Å²) in [5.74, 6) is 2.03. The van der Waals surface area contributed by atoms with E-state index in [1.807, 2.05) is 12.1 Å². The predicted octanol–water partition coefficient (Wildman–Crippen LogP) is 3.26. The quantitative estimate of drug-likeness (QED) is 0.551. The summed E-state index contributed by atoms with van der Waals surface area (Å²) < 4.78 is 37.8. The molecule has 2 aliphatic rings. The smallest absolute Gasteiger partial charge is 0.220 e. The highest BCUT2D eigenvalue weighted by Crippen LogP contribution is 2.34. The topological polar surface area (TPSA) is 84.9 Å². The van der Waals surface area contributed by atoms with E-state index in [1.165, 1.54) is 36.4 Å². The van der Waals surface area contributed by atoms with Crippen molar-refractivity contribution < 1.29 is 22.7 Å². The van der Waals surface area contributed by atoms with Gasteiger partial charge in [0.2, 0.25) is 15.9 Å². The van der Waals surface area contributed by atoms with Crippen molar-refractivity contribution >= 4 is 15.9 Å². The number of benzene rings is 1. The van der Waals surface area contributed by atoms with Crippen LogP contribution in [0.3, 0.4) is 0 Å². The minimum Gasteiger partial charge on any atom is -0.493 e. The van der Waals surface area contributed by atoms with Crippen LogP contribution in [0.1, 0.15) is 62.5 Å². The highest BCUT2D eigenvalue weighted by atomic mass is 32.2. The molecule has 1 amide bonds. The lowest BCUT2D eigenvalue weighted by Gasteiger charge is -2.29. The fourth-order valence-corrected chi connectivity index (χ4v) is 6.08. The van der Waals surface area contributed by atoms with Crippen molar-refractivity contribution in [2.75, 3.05) is 33.1 Å². The molecular formula is C23H36N2O5S. The van der Waals surface area contributed by atoms with E-state index in [1.54, 1.807) is 14.2 Å². The molecule has 7 nitrogen and oxygen atoms in total. The molecule has 0 saturated heterocycles. The van der Waals surface area contributed by atoms with Gasteiger partial charge in [-0.1, -0.05) is 32.1 Å². The second-order valence-electron chi connectivity index (χ2n) is 8.62. The van der Waals surface area contributed by atoms with E-state index in [2.05, 4.69) is 5.32 Å². The zero-order chi connectivity index (χ0) is 22.3. The Kier molecular flexibility index (Phi) is 8.60. The van der Waals surface area contributed by atoms with Crippen molar-refractivity contribution in [2.24, 2.45) is 5.92 Å². The number of ether oxygens (including phenoxy) is 2. The van der Waals surface area contributed by atoms with E-state index in [0.717, 1.165) is 17.5 Å². The molecule has 174 valence electrons. The summed E-state index contributed by atoms with van der Waals surface area (Å²) in [6, 6.07) is 3.80. The average Bonchev–Trinajstić information content (AvgIpc) is 2.79. The highest BCUT2D eigenvalue weighted by molar-refractivity contribution is 7.89. The normalized spacial score (nSPS) is 17.7. The van der Waals surface area contributed by atoms with Gasteiger partial charge in [0, 0.05) is 26.1 Å². The van der Waals surface area contributed by atoms with Gasteiger partial charge in [-0.2, -0.15) is 4.31 Å². The van der Waals surface area contributed by atoms with Gasteiger partial charge in [0.05, 0.1) is 20.0 Å². The van der Waals surface area contributed by atoms with E-state index in [-0.39, 0.29) is 11.7 Å². The molecular weight excluding hydrogens is 416 g/mol. The van der Waals surface area contributed by atoms with Gasteiger partial charge in [0.15, 0.2) is 11.5 Å². The number of hydrogen-bond acceptors (Lipinski definition) is 5. The summed E-state index contributed by atoms with van der Waals surface area (Å²) >= 11 is 0. The third-order valence-corrected chi connectivity index (χ3v) is 8.39. The summed E-state index contributed by atoms with van der Waals surface area (Å²) in [5.41, 5.74) is 2.04. The van der Waals surface area contributed by atoms with Gasteiger partial charge in [0.25, 0.3) is 0 Å². The van der Waals surface area contributed by atoms with Crippen LogP contribution in [0.15, 0.2) is 12.1 Å². The molecule has 0 bridgehead atoms. The van der Waals surface area contributed by atoms with Gasteiger partial charge in [-0.05, 0) is 48.4 Å². The van der Waals surface area contributed by atoms with Crippen molar-refractivity contribution in [3.8, 4) is 11.5 Å². The molecule has 0 aromatic heterocycles. The molecule has 1 aromatic carbocycles. The van der Waals surface area contributed by atoms with E-state index in [4.69, 9.17) is 9.47 Å². The monoisotopic (exact) mass is 452 g/mol. The molecule has 1 N–H and O–H groups in total. The fraction of sp³-hybridized carbons (Fsp3) is 0.696. The van der Waals surface area contributed by atoms with Crippen LogP contribution in [-0.4, -0.2) is 51.7 Å². The maximum atomic E-state index is 12.8. The number of methoxy groups -OCH3 is 2. The van der Waals surface area contributed by atoms with Gasteiger partial charge in [-0.15, -0.1) is 0 Å². The Balaban J connectivity index is 1.43. The number of nitrogens with zero attached hydrogens (tertiary/aromatic N) is 1. The lowest BCUT2D eigenvalue weighted by Crippen LogP contribution is -2.38. The Morgan fingerprint density at radius 1 is 1.10 bits per heavy atom. The van der Waals surface area contributed by atoms with Crippen LogP contribution in [-0.2, 0) is 27.8 Å². The number of nitrogens with one attached hydrogen (secondary N) is 1. The first-order valence-corrected chi connectivity index (χ1v) is 13.0. The zero-order valence-corrected chi connectivity index (χ0v) is 19.6. The Hall–Kier alpha value is -1.80. The molecule has 0 radical (unpaired) electrons. The third kappa shape index (κ3) is 6.59. The second kappa shape index (κ2) is 11.2. The Labute approximate surface area is 186 Å². The average molecular weight is 453 g/mol. The van der Waals surface area contributed by atoms with Gasteiger partial charge in [-0.25, -0.2) is 8.42 Å². The van der Waals surface area contributed by atoms with Crippen molar-refractivity contribution in [1.82, 2.24) is 9.62 Å². The summed E-state index contributed by atoms with van der Waals surface area (Å²) in [5, 5.41) is 2.89. The predicted molar refractivity (Wildman–Crippen MR) is 121 cm³/mol. The number of carbonyl (C=O) groups is 1. The largest absolute Gasteiger partial charge is 0.493 e. The van der Waals surface area contributed by atoms with Crippen molar-refractivity contribution in [1.29, 1.82) is 0 Å². The fourth-order valence-electron chi connectivity index (χ4n) is 4.61. The van der Waals surface area contributed by atoms with E-state index in [9.17, 15) is 13.2 Å². The number of sulfonamides is 1. The highest BCUT2D eigenvalue weighted by Gasteiger charge is 2.27. The first-order valence-electron chi connectivity index (χ1n) is 11.4. The molecule has 8 heteroatoms. The van der Waals surface area contributed by atoms with Crippen LogP contribution in [0.25, 0.3) is 0 Å². The van der Waals surface area contributed by atoms with Crippen LogP contribution in [0.4, 0.5) is 0 Å². The Bertz CT molecular complexity index is 850. The van der Waals surface area contributed by atoms with E-state index >= 15 is 0 Å². The van der Waals surface area contributed by atoms with E-state index < -0.39 is 10.0 Å². The number of amides is 1. The molecule has 0 unspecified atom stereocenters. The van der Waals surface area contributed by atoms with Crippen molar-refractivity contribution in [3.05, 3.63) is 23.3 Å². The first-order chi connectivity index (χ1) is 14.9. The Morgan fingerprint density at radius 2 is 1.77 bits per heavy atom. The summed E-state index contributed by atoms with van der Waals surface area (Å²) in [6.45, 7) is 1.20. The summed E-state index contributed by atoms with van der Waals surface area (Å²) in [4.78, 5) is 12.1. The maximum absolute atomic E-state index is 12.8. The molecule has 31 heavy (non-hydrogen) atoms. The van der Waals surface area contributed by atoms with Crippen LogP contribution < -0.4 is 14.8 Å². The molecule has 1 saturated carbocycles. The number of carbonyl (C=O) groups excluding carboxylic acids is 1. The summed E-state index contributed by atoms with van der Waals surface area (Å²) in [6.07, 6.45) is 8.93. The number of fused-ring (bicyclic) bond motifs is 1. The third-order valence-electron chi connectivity index (χ3n) is 6.48. The minimum atomic E-state index is -3.38. The molecule has 1 heterocycles. The lowest BCUT2D eigenvalue weighted by molar-refractivity contribution is -0.121. The molecule has 3 rings (SSSR count). The first kappa shape index (κ1) is 23.9. The van der Waals surface area contributed by atoms with Crippen LogP contribution in [0.5, 0.6) is 11.5 Å². The SMILES string of the molecule is COc1cc2c(cc1OC)CN(S(=O)(=O)CCCNC(=O)CCC1CCCCC1)CC2. The Morgan fingerprint density at radius 3 is 2.45 bits per heavy atom. The molecule has 0 atom stereocenters. The second-order valence-corrected chi connectivity index (χ2v) is 10.7. The van der Waals surface area contributed by atoms with Crippen LogP contribution >= 0.6 is 0 Å². The van der Waals surface area contributed by atoms with Gasteiger partial charge in [0.1, 0.15) is 0 Å². The molecule has 0 spiro atoms. The number of hydrogen-bond donors (Lipinski definition) is 1. The minimum absolute atomic E-state index is 0.0379. The molecule has 1 fully saturated rings. The standard InChI is InChI=1S/C23H36N2O5S/c1-29-21-15-19-11-13-25(17-20(19)16-22(21)30-2)31(27,28)14-6-12-24-23(26)10-9-18-7-4-3-5-8-18/h15-16,18H,3-14,17H2,1-2H3,(H,24,26). The molecule has 1 aromatic rings. The maximum Gasteiger partial charge on any atom is 0.220 e. The molecule has 1 aliphatic carbocycles. The summed E-state index contributed by atoms with van der Waals surface area (Å²) in [7, 11) is -0.208. The van der Waals surface area contributed by atoms with Gasteiger partial charge in [-0.3, -0.25) is 4.79 Å². The number of rotatable bonds is 10. The zero-order valence-electron chi connectivity index (χ0n) is 18.8. The van der Waals surface area contributed by atoms with Crippen molar-refractivity contribution in [3.63, 3.8) is 0 Å². The molecule has 1 aliphatic heterocycles. The van der Waals surface area contributed by atoms with Crippen LogP contribution in [0, 0.1) is 5.92 Å². The van der Waals surface area contributed by atoms with Gasteiger partial charge >= 0.3 is 0 Å². The van der Waals surface area contributed by atoms with Gasteiger partial charge < -0.3 is 14.8 Å².